The Morgan fingerprint density at radius 2 is 2.00 bits per heavy atom. The van der Waals surface area contributed by atoms with E-state index in [-0.39, 0.29) is 11.3 Å². The molecular formula is C21H31N3O2. The topological polar surface area (TPSA) is 54.5 Å². The number of anilines is 1. The van der Waals surface area contributed by atoms with Crippen LogP contribution in [0.15, 0.2) is 6.07 Å². The minimum absolute atomic E-state index is 0.176. The molecule has 142 valence electrons. The first-order valence-corrected chi connectivity index (χ1v) is 10.3. The highest BCUT2D eigenvalue weighted by Gasteiger charge is 2.39. The monoisotopic (exact) mass is 357 g/mol. The van der Waals surface area contributed by atoms with E-state index in [1.165, 1.54) is 36.1 Å². The zero-order chi connectivity index (χ0) is 18.0. The van der Waals surface area contributed by atoms with Crippen molar-refractivity contribution in [1.82, 2.24) is 9.88 Å². The Kier molecular flexibility index (Phi) is 5.28. The fourth-order valence-electron chi connectivity index (χ4n) is 4.87. The zero-order valence-electron chi connectivity index (χ0n) is 16.0. The Labute approximate surface area is 156 Å². The first-order valence-electron chi connectivity index (χ1n) is 10.3. The van der Waals surface area contributed by atoms with Gasteiger partial charge in [-0.1, -0.05) is 19.8 Å². The Morgan fingerprint density at radius 1 is 1.23 bits per heavy atom. The first-order chi connectivity index (χ1) is 12.7. The zero-order valence-corrected chi connectivity index (χ0v) is 16.0. The fourth-order valence-corrected chi connectivity index (χ4v) is 4.87. The second-order valence-corrected chi connectivity index (χ2v) is 8.13. The summed E-state index contributed by atoms with van der Waals surface area (Å²) in [5.41, 5.74) is 3.79. The van der Waals surface area contributed by atoms with Crippen LogP contribution in [0.2, 0.25) is 0 Å². The molecule has 0 atom stereocenters. The molecule has 1 saturated heterocycles. The fraction of sp³-hybridized carbons (Fsp3) is 0.714. The Hall–Kier alpha value is -1.46. The van der Waals surface area contributed by atoms with Gasteiger partial charge in [0, 0.05) is 30.7 Å². The molecule has 0 aromatic carbocycles. The van der Waals surface area contributed by atoms with Crippen LogP contribution in [-0.2, 0) is 28.9 Å². The number of carbonyl (C=O) groups is 1. The van der Waals surface area contributed by atoms with Gasteiger partial charge in [0.15, 0.2) is 0 Å². The van der Waals surface area contributed by atoms with E-state index in [0.29, 0.717) is 0 Å². The third kappa shape index (κ3) is 3.52. The highest BCUT2D eigenvalue weighted by molar-refractivity contribution is 5.94. The van der Waals surface area contributed by atoms with Crippen LogP contribution in [0.25, 0.3) is 0 Å². The number of rotatable bonds is 5. The van der Waals surface area contributed by atoms with Crippen LogP contribution in [0.1, 0.15) is 62.3 Å². The lowest BCUT2D eigenvalue weighted by atomic mass is 9.82. The number of hydrogen-bond acceptors (Lipinski definition) is 4. The molecular weight excluding hydrogens is 326 g/mol. The number of amides is 1. The van der Waals surface area contributed by atoms with E-state index >= 15 is 0 Å². The van der Waals surface area contributed by atoms with Crippen molar-refractivity contribution < 1.29 is 9.53 Å². The molecule has 0 unspecified atom stereocenters. The Balaban J connectivity index is 1.54. The summed E-state index contributed by atoms with van der Waals surface area (Å²) in [6, 6.07) is 2.13. The van der Waals surface area contributed by atoms with E-state index in [0.717, 1.165) is 70.8 Å². The van der Waals surface area contributed by atoms with Crippen molar-refractivity contribution in [3.63, 3.8) is 0 Å². The molecule has 2 fully saturated rings. The van der Waals surface area contributed by atoms with Crippen LogP contribution in [0.4, 0.5) is 5.82 Å². The van der Waals surface area contributed by atoms with Gasteiger partial charge < -0.3 is 10.1 Å². The van der Waals surface area contributed by atoms with Gasteiger partial charge in [-0.2, -0.15) is 0 Å². The standard InChI is InChI=1S/C21H31N3O2/c1-2-21(8-3-4-9-21)20(25)23-19-14-16(15-24-10-12-26-13-11-24)17-6-5-7-18(17)22-19/h14H,2-13,15H2,1H3,(H,22,23,25). The van der Waals surface area contributed by atoms with Gasteiger partial charge in [-0.25, -0.2) is 4.98 Å². The maximum absolute atomic E-state index is 13.0. The lowest BCUT2D eigenvalue weighted by Crippen LogP contribution is -2.36. The van der Waals surface area contributed by atoms with Crippen LogP contribution in [-0.4, -0.2) is 42.1 Å². The number of carbonyl (C=O) groups excluding carboxylic acids is 1. The summed E-state index contributed by atoms with van der Waals surface area (Å²) in [6.07, 6.45) is 8.62. The summed E-state index contributed by atoms with van der Waals surface area (Å²) >= 11 is 0. The number of aromatic nitrogens is 1. The van der Waals surface area contributed by atoms with Crippen LogP contribution in [0.3, 0.4) is 0 Å². The summed E-state index contributed by atoms with van der Waals surface area (Å²) in [7, 11) is 0. The van der Waals surface area contributed by atoms with E-state index in [9.17, 15) is 4.79 Å². The third-order valence-corrected chi connectivity index (χ3v) is 6.60. The third-order valence-electron chi connectivity index (χ3n) is 6.60. The molecule has 26 heavy (non-hydrogen) atoms. The maximum Gasteiger partial charge on any atom is 0.231 e. The average Bonchev–Trinajstić information content (AvgIpc) is 3.32. The van der Waals surface area contributed by atoms with Crippen molar-refractivity contribution in [1.29, 1.82) is 0 Å². The summed E-state index contributed by atoms with van der Waals surface area (Å²) in [5, 5.41) is 3.19. The minimum Gasteiger partial charge on any atom is -0.379 e. The molecule has 1 aliphatic heterocycles. The molecule has 2 aliphatic carbocycles. The van der Waals surface area contributed by atoms with E-state index < -0.39 is 0 Å². The van der Waals surface area contributed by atoms with Gasteiger partial charge >= 0.3 is 0 Å². The average molecular weight is 357 g/mol. The number of hydrogen-bond donors (Lipinski definition) is 1. The van der Waals surface area contributed by atoms with Crippen molar-refractivity contribution in [3.8, 4) is 0 Å². The highest BCUT2D eigenvalue weighted by atomic mass is 16.5. The van der Waals surface area contributed by atoms with Crippen LogP contribution in [0.5, 0.6) is 0 Å². The molecule has 1 saturated carbocycles. The molecule has 0 bridgehead atoms. The quantitative estimate of drug-likeness (QED) is 0.878. The van der Waals surface area contributed by atoms with Gasteiger partial charge in [-0.05, 0) is 55.7 Å². The summed E-state index contributed by atoms with van der Waals surface area (Å²) in [4.78, 5) is 20.3. The molecule has 0 spiro atoms. The second kappa shape index (κ2) is 7.65. The van der Waals surface area contributed by atoms with Crippen molar-refractivity contribution in [2.75, 3.05) is 31.6 Å². The van der Waals surface area contributed by atoms with Crippen molar-refractivity contribution in [2.45, 2.75) is 64.8 Å². The molecule has 2 heterocycles. The molecule has 1 aromatic rings. The van der Waals surface area contributed by atoms with E-state index in [1.807, 2.05) is 0 Å². The van der Waals surface area contributed by atoms with Gasteiger partial charge in [-0.15, -0.1) is 0 Å². The van der Waals surface area contributed by atoms with Gasteiger partial charge in [-0.3, -0.25) is 9.69 Å². The van der Waals surface area contributed by atoms with Crippen LogP contribution < -0.4 is 5.32 Å². The van der Waals surface area contributed by atoms with Crippen LogP contribution >= 0.6 is 0 Å². The number of fused-ring (bicyclic) bond motifs is 1. The normalized spacial score (nSPS) is 22.3. The molecule has 5 nitrogen and oxygen atoms in total. The predicted molar refractivity (Wildman–Crippen MR) is 102 cm³/mol. The minimum atomic E-state index is -0.176. The van der Waals surface area contributed by atoms with Gasteiger partial charge in [0.25, 0.3) is 0 Å². The summed E-state index contributed by atoms with van der Waals surface area (Å²) in [5.74, 6) is 0.943. The van der Waals surface area contributed by atoms with E-state index in [4.69, 9.17) is 9.72 Å². The molecule has 1 aromatic heterocycles. The second-order valence-electron chi connectivity index (χ2n) is 8.13. The van der Waals surface area contributed by atoms with E-state index in [2.05, 4.69) is 23.2 Å². The lowest BCUT2D eigenvalue weighted by molar-refractivity contribution is -0.125. The Morgan fingerprint density at radius 3 is 2.73 bits per heavy atom. The number of nitrogens with one attached hydrogen (secondary N) is 1. The molecule has 1 N–H and O–H groups in total. The SMILES string of the molecule is CCC1(C(=O)Nc2cc(CN3CCOCC3)c3c(n2)CCC3)CCCC1. The predicted octanol–water partition coefficient (Wildman–Crippen LogP) is 3.31. The molecule has 5 heteroatoms. The lowest BCUT2D eigenvalue weighted by Gasteiger charge is -2.28. The smallest absolute Gasteiger partial charge is 0.231 e. The molecule has 0 radical (unpaired) electrons. The van der Waals surface area contributed by atoms with Gasteiger partial charge in [0.05, 0.1) is 13.2 Å². The summed E-state index contributed by atoms with van der Waals surface area (Å²) in [6.45, 7) is 6.68. The van der Waals surface area contributed by atoms with Crippen molar-refractivity contribution >= 4 is 11.7 Å². The number of pyridine rings is 1. The number of nitrogens with zero attached hydrogens (tertiary/aromatic N) is 2. The van der Waals surface area contributed by atoms with Gasteiger partial charge in [0.1, 0.15) is 5.82 Å². The van der Waals surface area contributed by atoms with Crippen molar-refractivity contribution in [3.05, 3.63) is 22.9 Å². The molecule has 3 aliphatic rings. The largest absolute Gasteiger partial charge is 0.379 e. The van der Waals surface area contributed by atoms with Gasteiger partial charge in [0.2, 0.25) is 5.91 Å². The first kappa shape index (κ1) is 17.9. The highest BCUT2D eigenvalue weighted by Crippen LogP contribution is 2.42. The number of aryl methyl sites for hydroxylation is 1. The van der Waals surface area contributed by atoms with Crippen molar-refractivity contribution in [2.24, 2.45) is 5.41 Å². The van der Waals surface area contributed by atoms with Crippen LogP contribution in [0, 0.1) is 5.41 Å². The summed E-state index contributed by atoms with van der Waals surface area (Å²) < 4.78 is 5.48. The van der Waals surface area contributed by atoms with E-state index in [1.54, 1.807) is 0 Å². The maximum atomic E-state index is 13.0. The molecule has 1 amide bonds. The number of ether oxygens (including phenoxy) is 1. The molecule has 4 rings (SSSR count). The Bertz CT molecular complexity index is 661. The number of morpholine rings is 1.